The second-order valence-electron chi connectivity index (χ2n) is 6.37. The predicted octanol–water partition coefficient (Wildman–Crippen LogP) is 4.91. The monoisotopic (exact) mass is 440 g/mol. The predicted molar refractivity (Wildman–Crippen MR) is 99.6 cm³/mol. The van der Waals surface area contributed by atoms with Gasteiger partial charge in [-0.25, -0.2) is 19.0 Å². The average Bonchev–Trinajstić information content (AvgIpc) is 2.51. The zero-order chi connectivity index (χ0) is 20.2. The van der Waals surface area contributed by atoms with Crippen LogP contribution in [0.4, 0.5) is 15.0 Å². The lowest BCUT2D eigenvalue weighted by Crippen LogP contribution is -2.27. The lowest BCUT2D eigenvalue weighted by molar-refractivity contribution is 0.0595. The summed E-state index contributed by atoms with van der Waals surface area (Å²) in [4.78, 5) is 27.8. The van der Waals surface area contributed by atoms with Crippen LogP contribution in [0.25, 0.3) is 0 Å². The number of pyridine rings is 1. The Kier molecular flexibility index (Phi) is 6.37. The van der Waals surface area contributed by atoms with E-state index in [-0.39, 0.29) is 22.9 Å². The molecule has 1 heterocycles. The van der Waals surface area contributed by atoms with Crippen LogP contribution in [-0.4, -0.2) is 29.8 Å². The summed E-state index contributed by atoms with van der Waals surface area (Å²) in [5.74, 6) is -0.949. The number of nitrogens with one attached hydrogen (secondary N) is 1. The van der Waals surface area contributed by atoms with Crippen LogP contribution in [0.1, 0.15) is 31.1 Å². The number of carbonyl (C=O) groups is 2. The molecule has 27 heavy (non-hydrogen) atoms. The van der Waals surface area contributed by atoms with Gasteiger partial charge in [-0.3, -0.25) is 5.32 Å². The number of nitrogens with zero attached hydrogens (tertiary/aromatic N) is 1. The van der Waals surface area contributed by atoms with E-state index in [1.807, 2.05) is 0 Å². The van der Waals surface area contributed by atoms with Crippen LogP contribution in [0.15, 0.2) is 34.9 Å². The molecule has 9 heteroatoms. The summed E-state index contributed by atoms with van der Waals surface area (Å²) >= 11 is 3.20. The first-order valence-electron chi connectivity index (χ1n) is 7.81. The minimum atomic E-state index is -0.694. The van der Waals surface area contributed by atoms with Crippen molar-refractivity contribution < 1.29 is 28.2 Å². The van der Waals surface area contributed by atoms with Crippen LogP contribution in [-0.2, 0) is 9.47 Å². The Bertz CT molecular complexity index is 867. The highest BCUT2D eigenvalue weighted by Crippen LogP contribution is 2.30. The number of esters is 1. The Hall–Kier alpha value is -2.68. The highest BCUT2D eigenvalue weighted by molar-refractivity contribution is 9.10. The van der Waals surface area contributed by atoms with Crippen LogP contribution < -0.4 is 10.1 Å². The maximum Gasteiger partial charge on any atom is 0.413 e. The maximum atomic E-state index is 13.6. The van der Waals surface area contributed by atoms with Gasteiger partial charge in [0, 0.05) is 18.2 Å². The fraction of sp³-hybridized carbons (Fsp3) is 0.278. The molecule has 1 N–H and O–H groups in total. The van der Waals surface area contributed by atoms with Crippen molar-refractivity contribution in [3.05, 3.63) is 46.3 Å². The molecule has 2 rings (SSSR count). The molecule has 0 aliphatic rings. The second kappa shape index (κ2) is 8.34. The normalized spacial score (nSPS) is 10.9. The number of amides is 1. The largest absolute Gasteiger partial charge is 0.465 e. The van der Waals surface area contributed by atoms with Crippen LogP contribution in [0, 0.1) is 5.82 Å². The highest BCUT2D eigenvalue weighted by Gasteiger charge is 2.18. The number of aromatic nitrogens is 1. The lowest BCUT2D eigenvalue weighted by atomic mass is 10.2. The van der Waals surface area contributed by atoms with Gasteiger partial charge >= 0.3 is 12.1 Å². The van der Waals surface area contributed by atoms with Crippen molar-refractivity contribution in [1.82, 2.24) is 4.98 Å². The first kappa shape index (κ1) is 20.6. The molecule has 0 spiro atoms. The molecule has 0 aliphatic heterocycles. The molecule has 1 aromatic carbocycles. The van der Waals surface area contributed by atoms with Gasteiger partial charge in [-0.05, 0) is 48.8 Å². The number of methoxy groups -OCH3 is 1. The van der Waals surface area contributed by atoms with Crippen molar-refractivity contribution in [3.8, 4) is 11.5 Å². The van der Waals surface area contributed by atoms with Gasteiger partial charge in [0.05, 0.1) is 7.11 Å². The van der Waals surface area contributed by atoms with E-state index in [2.05, 4.69) is 31.0 Å². The van der Waals surface area contributed by atoms with E-state index in [9.17, 15) is 14.0 Å². The average molecular weight is 441 g/mol. The lowest BCUT2D eigenvalue weighted by Gasteiger charge is -2.19. The fourth-order valence-corrected chi connectivity index (χ4v) is 2.41. The molecule has 0 saturated heterocycles. The van der Waals surface area contributed by atoms with Crippen molar-refractivity contribution in [2.24, 2.45) is 0 Å². The van der Waals surface area contributed by atoms with Crippen LogP contribution >= 0.6 is 15.9 Å². The fourth-order valence-electron chi connectivity index (χ4n) is 1.99. The molecule has 0 bridgehead atoms. The SMILES string of the molecule is COC(=O)c1ccc(F)cc1Oc1cc(Br)nc(NC(=O)OC(C)(C)C)c1. The highest BCUT2D eigenvalue weighted by atomic mass is 79.9. The number of ether oxygens (including phenoxy) is 3. The quantitative estimate of drug-likeness (QED) is 0.536. The summed E-state index contributed by atoms with van der Waals surface area (Å²) in [5, 5.41) is 2.48. The van der Waals surface area contributed by atoms with E-state index in [1.165, 1.54) is 25.3 Å². The number of rotatable bonds is 4. The molecule has 0 aliphatic carbocycles. The summed E-state index contributed by atoms with van der Waals surface area (Å²) in [6, 6.07) is 6.33. The summed E-state index contributed by atoms with van der Waals surface area (Å²) in [6.45, 7) is 5.19. The van der Waals surface area contributed by atoms with E-state index < -0.39 is 23.5 Å². The molecule has 7 nitrogen and oxygen atoms in total. The van der Waals surface area contributed by atoms with Crippen molar-refractivity contribution >= 4 is 33.8 Å². The molecule has 144 valence electrons. The van der Waals surface area contributed by atoms with E-state index in [0.717, 1.165) is 12.1 Å². The van der Waals surface area contributed by atoms with Crippen LogP contribution in [0.5, 0.6) is 11.5 Å². The number of halogens is 2. The Morgan fingerprint density at radius 1 is 1.19 bits per heavy atom. The van der Waals surface area contributed by atoms with Crippen molar-refractivity contribution in [2.75, 3.05) is 12.4 Å². The van der Waals surface area contributed by atoms with Gasteiger partial charge in [0.15, 0.2) is 0 Å². The third-order valence-corrected chi connectivity index (χ3v) is 3.38. The molecular formula is C18H18BrFN2O5. The van der Waals surface area contributed by atoms with Crippen LogP contribution in [0.3, 0.4) is 0 Å². The molecule has 0 unspecified atom stereocenters. The number of carbonyl (C=O) groups excluding carboxylic acids is 2. The Morgan fingerprint density at radius 2 is 1.89 bits per heavy atom. The third kappa shape index (κ3) is 6.21. The van der Waals surface area contributed by atoms with Crippen molar-refractivity contribution in [1.29, 1.82) is 0 Å². The molecule has 0 atom stereocenters. The zero-order valence-corrected chi connectivity index (χ0v) is 16.7. The Morgan fingerprint density at radius 3 is 2.52 bits per heavy atom. The van der Waals surface area contributed by atoms with E-state index in [0.29, 0.717) is 4.60 Å². The number of benzene rings is 1. The third-order valence-electron chi connectivity index (χ3n) is 2.97. The van der Waals surface area contributed by atoms with E-state index >= 15 is 0 Å². The van der Waals surface area contributed by atoms with E-state index in [1.54, 1.807) is 20.8 Å². The summed E-state index contributed by atoms with van der Waals surface area (Å²) < 4.78 is 29.4. The molecule has 2 aromatic rings. The van der Waals surface area contributed by atoms with Crippen molar-refractivity contribution in [2.45, 2.75) is 26.4 Å². The van der Waals surface area contributed by atoms with Gasteiger partial charge in [0.1, 0.15) is 38.9 Å². The number of hydrogen-bond donors (Lipinski definition) is 1. The summed E-state index contributed by atoms with van der Waals surface area (Å²) in [5.41, 5.74) is -0.625. The van der Waals surface area contributed by atoms with Gasteiger partial charge in [0.25, 0.3) is 0 Å². The molecule has 0 saturated carbocycles. The van der Waals surface area contributed by atoms with Crippen molar-refractivity contribution in [3.63, 3.8) is 0 Å². The smallest absolute Gasteiger partial charge is 0.413 e. The standard InChI is InChI=1S/C18H18BrFN2O5/c1-18(2,3)27-17(24)22-15-9-11(8-14(19)21-15)26-13-7-10(20)5-6-12(13)16(23)25-4/h5-9H,1-4H3,(H,21,22,24). The molecule has 1 aromatic heterocycles. The topological polar surface area (TPSA) is 86.8 Å². The summed E-state index contributed by atoms with van der Waals surface area (Å²) in [6.07, 6.45) is -0.694. The van der Waals surface area contributed by atoms with Gasteiger partial charge < -0.3 is 14.2 Å². The Balaban J connectivity index is 2.28. The molecule has 0 fully saturated rings. The number of anilines is 1. The van der Waals surface area contributed by atoms with E-state index in [4.69, 9.17) is 9.47 Å². The minimum absolute atomic E-state index is 0.0387. The summed E-state index contributed by atoms with van der Waals surface area (Å²) in [7, 11) is 1.21. The van der Waals surface area contributed by atoms with Gasteiger partial charge in [-0.15, -0.1) is 0 Å². The molecular weight excluding hydrogens is 423 g/mol. The Labute approximate surface area is 164 Å². The molecule has 0 radical (unpaired) electrons. The van der Waals surface area contributed by atoms with Gasteiger partial charge in [-0.1, -0.05) is 0 Å². The van der Waals surface area contributed by atoms with Gasteiger partial charge in [-0.2, -0.15) is 0 Å². The molecule has 1 amide bonds. The maximum absolute atomic E-state index is 13.6. The first-order chi connectivity index (χ1) is 12.6. The first-order valence-corrected chi connectivity index (χ1v) is 8.60. The van der Waals surface area contributed by atoms with Gasteiger partial charge in [0.2, 0.25) is 0 Å². The van der Waals surface area contributed by atoms with Crippen LogP contribution in [0.2, 0.25) is 0 Å². The number of hydrogen-bond acceptors (Lipinski definition) is 6. The zero-order valence-electron chi connectivity index (χ0n) is 15.1. The second-order valence-corrected chi connectivity index (χ2v) is 7.18. The minimum Gasteiger partial charge on any atom is -0.465 e.